The number of thioether (sulfide) groups is 1. The molecule has 0 aromatic carbocycles. The Balaban J connectivity index is 2.67. The standard InChI is InChI=1S/C14H30N2S/c1-7-8-13-11-15(14(3,4)5)9-10-16(13)12(2)17-6/h12-13H,7-11H2,1-6H3. The van der Waals surface area contributed by atoms with Gasteiger partial charge in [0.2, 0.25) is 0 Å². The molecule has 1 rings (SSSR count). The maximum Gasteiger partial charge on any atom is 0.0529 e. The van der Waals surface area contributed by atoms with Gasteiger partial charge in [-0.3, -0.25) is 9.80 Å². The van der Waals surface area contributed by atoms with Gasteiger partial charge in [-0.25, -0.2) is 0 Å². The van der Waals surface area contributed by atoms with E-state index in [1.54, 1.807) is 0 Å². The van der Waals surface area contributed by atoms with E-state index in [0.29, 0.717) is 10.9 Å². The third-order valence-electron chi connectivity index (χ3n) is 3.91. The Labute approximate surface area is 112 Å². The highest BCUT2D eigenvalue weighted by Crippen LogP contribution is 2.25. The number of hydrogen-bond donors (Lipinski definition) is 0. The summed E-state index contributed by atoms with van der Waals surface area (Å²) in [6, 6.07) is 0.746. The molecule has 0 aromatic heterocycles. The van der Waals surface area contributed by atoms with Crippen LogP contribution in [0, 0.1) is 0 Å². The van der Waals surface area contributed by atoms with Gasteiger partial charge in [-0.1, -0.05) is 13.3 Å². The number of hydrogen-bond acceptors (Lipinski definition) is 3. The minimum atomic E-state index is 0.320. The molecular weight excluding hydrogens is 228 g/mol. The van der Waals surface area contributed by atoms with Gasteiger partial charge < -0.3 is 0 Å². The molecule has 1 heterocycles. The van der Waals surface area contributed by atoms with Crippen molar-refractivity contribution in [3.05, 3.63) is 0 Å². The Hall–Kier alpha value is 0.270. The van der Waals surface area contributed by atoms with Crippen LogP contribution in [-0.2, 0) is 0 Å². The first kappa shape index (κ1) is 15.3. The zero-order chi connectivity index (χ0) is 13.1. The zero-order valence-corrected chi connectivity index (χ0v) is 13.3. The van der Waals surface area contributed by atoms with E-state index < -0.39 is 0 Å². The normalized spacial score (nSPS) is 26.1. The summed E-state index contributed by atoms with van der Waals surface area (Å²) in [4.78, 5) is 5.35. The summed E-state index contributed by atoms with van der Waals surface area (Å²) >= 11 is 1.98. The fourth-order valence-electron chi connectivity index (χ4n) is 2.68. The van der Waals surface area contributed by atoms with Crippen LogP contribution in [0.5, 0.6) is 0 Å². The lowest BCUT2D eigenvalue weighted by Crippen LogP contribution is -2.59. The van der Waals surface area contributed by atoms with Gasteiger partial charge in [0.1, 0.15) is 0 Å². The van der Waals surface area contributed by atoms with Crippen LogP contribution in [0.3, 0.4) is 0 Å². The number of nitrogens with zero attached hydrogens (tertiary/aromatic N) is 2. The van der Waals surface area contributed by atoms with E-state index in [-0.39, 0.29) is 0 Å². The Morgan fingerprint density at radius 2 is 1.94 bits per heavy atom. The average Bonchev–Trinajstić information content (AvgIpc) is 2.27. The smallest absolute Gasteiger partial charge is 0.0529 e. The van der Waals surface area contributed by atoms with Gasteiger partial charge in [-0.2, -0.15) is 0 Å². The Morgan fingerprint density at radius 1 is 1.29 bits per heavy atom. The van der Waals surface area contributed by atoms with Crippen LogP contribution in [0.1, 0.15) is 47.5 Å². The molecule has 1 aliphatic heterocycles. The van der Waals surface area contributed by atoms with Crippen LogP contribution in [-0.4, -0.2) is 52.6 Å². The molecule has 0 radical (unpaired) electrons. The topological polar surface area (TPSA) is 6.48 Å². The second-order valence-electron chi connectivity index (χ2n) is 6.13. The number of piperazine rings is 1. The summed E-state index contributed by atoms with van der Waals surface area (Å²) in [5, 5.41) is 0.661. The molecule has 2 nitrogen and oxygen atoms in total. The summed E-state index contributed by atoms with van der Waals surface area (Å²) in [6.07, 6.45) is 4.85. The van der Waals surface area contributed by atoms with Crippen molar-refractivity contribution in [2.24, 2.45) is 0 Å². The molecule has 0 aliphatic carbocycles. The van der Waals surface area contributed by atoms with Crippen LogP contribution >= 0.6 is 11.8 Å². The molecule has 2 atom stereocenters. The predicted octanol–water partition coefficient (Wildman–Crippen LogP) is 3.28. The second-order valence-corrected chi connectivity index (χ2v) is 7.29. The number of rotatable bonds is 4. The third kappa shape index (κ3) is 4.15. The molecule has 1 saturated heterocycles. The molecule has 0 saturated carbocycles. The van der Waals surface area contributed by atoms with Crippen LogP contribution in [0.2, 0.25) is 0 Å². The molecule has 0 spiro atoms. The van der Waals surface area contributed by atoms with Crippen molar-refractivity contribution in [1.29, 1.82) is 0 Å². The van der Waals surface area contributed by atoms with Crippen LogP contribution in [0.15, 0.2) is 0 Å². The molecule has 0 bridgehead atoms. The largest absolute Gasteiger partial charge is 0.296 e. The van der Waals surface area contributed by atoms with Gasteiger partial charge in [-0.05, 0) is 40.4 Å². The molecule has 0 amide bonds. The third-order valence-corrected chi connectivity index (χ3v) is 4.86. The van der Waals surface area contributed by atoms with Gasteiger partial charge in [0.25, 0.3) is 0 Å². The van der Waals surface area contributed by atoms with Crippen molar-refractivity contribution in [3.8, 4) is 0 Å². The van der Waals surface area contributed by atoms with Crippen molar-refractivity contribution < 1.29 is 0 Å². The predicted molar refractivity (Wildman–Crippen MR) is 79.7 cm³/mol. The van der Waals surface area contributed by atoms with Gasteiger partial charge in [0.05, 0.1) is 5.37 Å². The highest BCUT2D eigenvalue weighted by molar-refractivity contribution is 7.99. The van der Waals surface area contributed by atoms with Crippen molar-refractivity contribution in [2.75, 3.05) is 25.9 Å². The first-order valence-corrected chi connectivity index (χ1v) is 8.22. The lowest BCUT2D eigenvalue weighted by molar-refractivity contribution is 0.0157. The Kier molecular flexibility index (Phi) is 5.81. The summed E-state index contributed by atoms with van der Waals surface area (Å²) in [5.74, 6) is 0. The monoisotopic (exact) mass is 258 g/mol. The molecule has 102 valence electrons. The average molecular weight is 258 g/mol. The summed E-state index contributed by atoms with van der Waals surface area (Å²) < 4.78 is 0. The lowest BCUT2D eigenvalue weighted by Gasteiger charge is -2.48. The highest BCUT2D eigenvalue weighted by atomic mass is 32.2. The fraction of sp³-hybridized carbons (Fsp3) is 1.00. The van der Waals surface area contributed by atoms with Crippen LogP contribution in [0.4, 0.5) is 0 Å². The van der Waals surface area contributed by atoms with Crippen molar-refractivity contribution in [2.45, 2.75) is 64.4 Å². The van der Waals surface area contributed by atoms with Gasteiger partial charge in [0.15, 0.2) is 0 Å². The Morgan fingerprint density at radius 3 is 2.41 bits per heavy atom. The minimum Gasteiger partial charge on any atom is -0.296 e. The molecule has 2 unspecified atom stereocenters. The van der Waals surface area contributed by atoms with E-state index in [4.69, 9.17) is 0 Å². The maximum absolute atomic E-state index is 2.70. The van der Waals surface area contributed by atoms with Crippen molar-refractivity contribution in [3.63, 3.8) is 0 Å². The van der Waals surface area contributed by atoms with E-state index in [1.807, 2.05) is 11.8 Å². The highest BCUT2D eigenvalue weighted by Gasteiger charge is 2.33. The van der Waals surface area contributed by atoms with E-state index in [0.717, 1.165) is 6.04 Å². The lowest BCUT2D eigenvalue weighted by atomic mass is 10.00. The SMILES string of the molecule is CCCC1CN(C(C)(C)C)CCN1C(C)SC. The first-order chi connectivity index (χ1) is 7.90. The van der Waals surface area contributed by atoms with E-state index >= 15 is 0 Å². The summed E-state index contributed by atoms with van der Waals surface area (Å²) in [5.41, 5.74) is 0.320. The molecular formula is C14H30N2S. The van der Waals surface area contributed by atoms with E-state index in [2.05, 4.69) is 50.7 Å². The van der Waals surface area contributed by atoms with Gasteiger partial charge >= 0.3 is 0 Å². The van der Waals surface area contributed by atoms with E-state index in [1.165, 1.54) is 32.5 Å². The molecule has 0 aromatic rings. The van der Waals surface area contributed by atoms with Crippen LogP contribution < -0.4 is 0 Å². The Bertz CT molecular complexity index is 225. The summed E-state index contributed by atoms with van der Waals surface area (Å²) in [7, 11) is 0. The molecule has 3 heteroatoms. The summed E-state index contributed by atoms with van der Waals surface area (Å²) in [6.45, 7) is 15.3. The quantitative estimate of drug-likeness (QED) is 0.764. The first-order valence-electron chi connectivity index (χ1n) is 6.93. The molecule has 0 N–H and O–H groups in total. The zero-order valence-electron chi connectivity index (χ0n) is 12.5. The fourth-order valence-corrected chi connectivity index (χ4v) is 3.23. The van der Waals surface area contributed by atoms with E-state index in [9.17, 15) is 0 Å². The molecule has 1 fully saturated rings. The second kappa shape index (κ2) is 6.44. The van der Waals surface area contributed by atoms with Crippen molar-refractivity contribution >= 4 is 11.8 Å². The molecule has 17 heavy (non-hydrogen) atoms. The molecule has 1 aliphatic rings. The maximum atomic E-state index is 2.70. The van der Waals surface area contributed by atoms with Gasteiger partial charge in [-0.15, -0.1) is 11.8 Å². The van der Waals surface area contributed by atoms with Gasteiger partial charge in [0, 0.05) is 31.2 Å². The van der Waals surface area contributed by atoms with Crippen molar-refractivity contribution in [1.82, 2.24) is 9.80 Å². The van der Waals surface area contributed by atoms with Crippen LogP contribution in [0.25, 0.3) is 0 Å². The minimum absolute atomic E-state index is 0.320.